The van der Waals surface area contributed by atoms with Crippen LogP contribution in [0.4, 0.5) is 11.4 Å². The van der Waals surface area contributed by atoms with Gasteiger partial charge in [0.25, 0.3) is 15.9 Å². The Labute approximate surface area is 197 Å². The Morgan fingerprint density at radius 3 is 2.30 bits per heavy atom. The Kier molecular flexibility index (Phi) is 7.40. The molecule has 2 N–H and O–H groups in total. The Bertz CT molecular complexity index is 1300. The molecule has 3 aromatic carbocycles. The molecule has 0 bridgehead atoms. The molecule has 33 heavy (non-hydrogen) atoms. The van der Waals surface area contributed by atoms with Crippen LogP contribution in [0.15, 0.2) is 65.6 Å². The molecule has 3 rings (SSSR count). The highest BCUT2D eigenvalue weighted by molar-refractivity contribution is 7.92. The van der Waals surface area contributed by atoms with Crippen molar-refractivity contribution in [3.8, 4) is 0 Å². The van der Waals surface area contributed by atoms with Gasteiger partial charge in [0, 0.05) is 11.3 Å². The monoisotopic (exact) mass is 486 g/mol. The highest BCUT2D eigenvalue weighted by Crippen LogP contribution is 2.24. The van der Waals surface area contributed by atoms with Gasteiger partial charge in [0.15, 0.2) is 0 Å². The van der Waals surface area contributed by atoms with Crippen molar-refractivity contribution in [1.29, 1.82) is 0 Å². The van der Waals surface area contributed by atoms with Gasteiger partial charge >= 0.3 is 5.97 Å². The molecule has 0 heterocycles. The molecule has 0 saturated carbocycles. The number of carbonyl (C=O) groups excluding carboxylic acids is 2. The fraction of sp³-hybridized carbons (Fsp3) is 0.167. The van der Waals surface area contributed by atoms with Crippen molar-refractivity contribution >= 4 is 44.9 Å². The number of halogens is 1. The summed E-state index contributed by atoms with van der Waals surface area (Å²) in [5, 5.41) is 2.83. The smallest absolute Gasteiger partial charge is 0.339 e. The highest BCUT2D eigenvalue weighted by Gasteiger charge is 2.17. The predicted octanol–water partition coefficient (Wildman–Crippen LogP) is 5.19. The average molecular weight is 487 g/mol. The van der Waals surface area contributed by atoms with Crippen LogP contribution in [0, 0.1) is 13.8 Å². The van der Waals surface area contributed by atoms with Gasteiger partial charge in [-0.2, -0.15) is 0 Å². The first kappa shape index (κ1) is 24.3. The van der Waals surface area contributed by atoms with Crippen LogP contribution < -0.4 is 10.0 Å². The molecule has 0 atom stereocenters. The number of benzene rings is 3. The number of aryl methyl sites for hydroxylation is 2. The number of rotatable bonds is 7. The summed E-state index contributed by atoms with van der Waals surface area (Å²) in [6.07, 6.45) is 0. The van der Waals surface area contributed by atoms with E-state index in [0.717, 1.165) is 5.56 Å². The van der Waals surface area contributed by atoms with E-state index in [0.29, 0.717) is 16.9 Å². The van der Waals surface area contributed by atoms with E-state index in [4.69, 9.17) is 16.3 Å². The molecule has 9 heteroatoms. The molecule has 0 aliphatic rings. The predicted molar refractivity (Wildman–Crippen MR) is 129 cm³/mol. The Morgan fingerprint density at radius 1 is 0.970 bits per heavy atom. The van der Waals surface area contributed by atoms with Crippen LogP contribution in [-0.2, 0) is 14.8 Å². The topological polar surface area (TPSA) is 102 Å². The molecule has 0 aromatic heterocycles. The summed E-state index contributed by atoms with van der Waals surface area (Å²) in [6.45, 7) is 5.52. The van der Waals surface area contributed by atoms with Crippen LogP contribution >= 0.6 is 11.6 Å². The minimum absolute atomic E-state index is 0.124. The number of hydrogen-bond acceptors (Lipinski definition) is 5. The van der Waals surface area contributed by atoms with Crippen LogP contribution in [0.1, 0.15) is 38.8 Å². The van der Waals surface area contributed by atoms with Crippen molar-refractivity contribution in [2.75, 3.05) is 16.6 Å². The van der Waals surface area contributed by atoms with Gasteiger partial charge in [0.2, 0.25) is 0 Å². The zero-order valence-corrected chi connectivity index (χ0v) is 19.9. The molecule has 0 fully saturated rings. The lowest BCUT2D eigenvalue weighted by Gasteiger charge is -2.13. The molecule has 0 spiro atoms. The summed E-state index contributed by atoms with van der Waals surface area (Å²) in [5.41, 5.74) is 2.70. The van der Waals surface area contributed by atoms with Crippen LogP contribution in [-0.4, -0.2) is 26.9 Å². The van der Waals surface area contributed by atoms with E-state index < -0.39 is 21.9 Å². The molecule has 0 aliphatic heterocycles. The standard InChI is InChI=1S/C24H23ClN2O5S/c1-4-32-24(29)20-12-9-18(14-21(20)25)26-23(28)17-8-7-16(3)22(13-17)27-33(30,31)19-10-5-15(2)6-11-19/h5-14,27H,4H2,1-3H3,(H,26,28). The van der Waals surface area contributed by atoms with E-state index in [1.165, 1.54) is 36.4 Å². The summed E-state index contributed by atoms with van der Waals surface area (Å²) in [7, 11) is -3.82. The van der Waals surface area contributed by atoms with Crippen LogP contribution in [0.2, 0.25) is 5.02 Å². The number of nitrogens with one attached hydrogen (secondary N) is 2. The van der Waals surface area contributed by atoms with Crippen LogP contribution in [0.25, 0.3) is 0 Å². The van der Waals surface area contributed by atoms with Crippen molar-refractivity contribution in [2.45, 2.75) is 25.7 Å². The molecule has 0 radical (unpaired) electrons. The molecule has 0 aliphatic carbocycles. The number of ether oxygens (including phenoxy) is 1. The van der Waals surface area contributed by atoms with Crippen molar-refractivity contribution < 1.29 is 22.7 Å². The molecule has 172 valence electrons. The Hall–Kier alpha value is -3.36. The summed E-state index contributed by atoms with van der Waals surface area (Å²) < 4.78 is 33.0. The van der Waals surface area contributed by atoms with Crippen molar-refractivity contribution in [2.24, 2.45) is 0 Å². The molecule has 7 nitrogen and oxygen atoms in total. The quantitative estimate of drug-likeness (QED) is 0.448. The summed E-state index contributed by atoms with van der Waals surface area (Å²) in [5.74, 6) is -1.02. The van der Waals surface area contributed by atoms with Gasteiger partial charge < -0.3 is 10.1 Å². The lowest BCUT2D eigenvalue weighted by molar-refractivity contribution is 0.0526. The first-order valence-electron chi connectivity index (χ1n) is 10.1. The fourth-order valence-corrected chi connectivity index (χ4v) is 4.34. The molecule has 3 aromatic rings. The molecule has 1 amide bonds. The maximum absolute atomic E-state index is 12.8. The van der Waals surface area contributed by atoms with Crippen LogP contribution in [0.5, 0.6) is 0 Å². The number of anilines is 2. The van der Waals surface area contributed by atoms with Crippen LogP contribution in [0.3, 0.4) is 0 Å². The zero-order valence-electron chi connectivity index (χ0n) is 18.3. The normalized spacial score (nSPS) is 11.0. The van der Waals surface area contributed by atoms with Gasteiger partial charge in [-0.3, -0.25) is 9.52 Å². The summed E-state index contributed by atoms with van der Waals surface area (Å²) in [6, 6.07) is 15.6. The number of hydrogen-bond donors (Lipinski definition) is 2. The number of esters is 1. The average Bonchev–Trinajstić information content (AvgIpc) is 2.75. The van der Waals surface area contributed by atoms with E-state index in [1.807, 2.05) is 6.92 Å². The maximum atomic E-state index is 12.8. The largest absolute Gasteiger partial charge is 0.462 e. The third-order valence-corrected chi connectivity index (χ3v) is 6.49. The van der Waals surface area contributed by atoms with Gasteiger partial charge in [-0.15, -0.1) is 0 Å². The first-order valence-corrected chi connectivity index (χ1v) is 11.9. The van der Waals surface area contributed by atoms with Gasteiger partial charge in [-0.1, -0.05) is 35.4 Å². The van der Waals surface area contributed by atoms with Gasteiger partial charge in [0.05, 0.1) is 27.8 Å². The van der Waals surface area contributed by atoms with E-state index in [-0.39, 0.29) is 27.7 Å². The lowest BCUT2D eigenvalue weighted by atomic mass is 10.1. The van der Waals surface area contributed by atoms with Gasteiger partial charge in [-0.25, -0.2) is 13.2 Å². The molecule has 0 unspecified atom stereocenters. The third-order valence-electron chi connectivity index (χ3n) is 4.80. The highest BCUT2D eigenvalue weighted by atomic mass is 35.5. The number of carbonyl (C=O) groups is 2. The molecular weight excluding hydrogens is 464 g/mol. The van der Waals surface area contributed by atoms with Gasteiger partial charge in [-0.05, 0) is 68.8 Å². The van der Waals surface area contributed by atoms with Crippen molar-refractivity contribution in [3.63, 3.8) is 0 Å². The van der Waals surface area contributed by atoms with E-state index in [9.17, 15) is 18.0 Å². The SMILES string of the molecule is CCOC(=O)c1ccc(NC(=O)c2ccc(C)c(NS(=O)(=O)c3ccc(C)cc3)c2)cc1Cl. The Balaban J connectivity index is 1.80. The number of sulfonamides is 1. The third kappa shape index (κ3) is 5.91. The summed E-state index contributed by atoms with van der Waals surface area (Å²) >= 11 is 6.15. The molecular formula is C24H23ClN2O5S. The van der Waals surface area contributed by atoms with E-state index >= 15 is 0 Å². The zero-order chi connectivity index (χ0) is 24.2. The minimum atomic E-state index is -3.82. The lowest BCUT2D eigenvalue weighted by Crippen LogP contribution is -2.16. The minimum Gasteiger partial charge on any atom is -0.462 e. The summed E-state index contributed by atoms with van der Waals surface area (Å²) in [4.78, 5) is 24.8. The van der Waals surface area contributed by atoms with Crippen molar-refractivity contribution in [3.05, 3.63) is 87.9 Å². The van der Waals surface area contributed by atoms with E-state index in [2.05, 4.69) is 10.0 Å². The second-order valence-electron chi connectivity index (χ2n) is 7.32. The Morgan fingerprint density at radius 2 is 1.67 bits per heavy atom. The van der Waals surface area contributed by atoms with Crippen molar-refractivity contribution in [1.82, 2.24) is 0 Å². The maximum Gasteiger partial charge on any atom is 0.339 e. The number of amides is 1. The van der Waals surface area contributed by atoms with Gasteiger partial charge in [0.1, 0.15) is 0 Å². The second-order valence-corrected chi connectivity index (χ2v) is 9.41. The molecule has 0 saturated heterocycles. The fourth-order valence-electron chi connectivity index (χ4n) is 2.96. The second kappa shape index (κ2) is 10.1. The van der Waals surface area contributed by atoms with E-state index in [1.54, 1.807) is 38.1 Å². The first-order chi connectivity index (χ1) is 15.6.